The van der Waals surface area contributed by atoms with Crippen LogP contribution < -0.4 is 51.4 Å². The van der Waals surface area contributed by atoms with Gasteiger partial charge in [0.05, 0.1) is 0 Å². The van der Waals surface area contributed by atoms with Gasteiger partial charge in [0.25, 0.3) is 0 Å². The van der Waals surface area contributed by atoms with Gasteiger partial charge < -0.3 is 1.43 Å². The van der Waals surface area contributed by atoms with Crippen LogP contribution in [0.5, 0.6) is 0 Å². The number of hydrogen-bond donors (Lipinski definition) is 0. The van der Waals surface area contributed by atoms with E-state index in [1.165, 1.54) is 0 Å². The summed E-state index contributed by atoms with van der Waals surface area (Å²) in [4.78, 5) is 0. The molecule has 4 heavy (non-hydrogen) atoms. The monoisotopic (exact) mass is 264 g/mol. The maximum atomic E-state index is 0. The molecule has 0 aromatic rings. The van der Waals surface area contributed by atoms with Crippen molar-refractivity contribution >= 4 is 34.0 Å². The van der Waals surface area contributed by atoms with E-state index in [1.54, 1.807) is 0 Å². The van der Waals surface area contributed by atoms with Gasteiger partial charge in [-0.3, -0.25) is 0 Å². The Hall–Kier alpha value is 3.22. The van der Waals surface area contributed by atoms with Gasteiger partial charge in [0.15, 0.2) is 0 Å². The Balaban J connectivity index is 0. The zero-order chi connectivity index (χ0) is 0. The predicted molar refractivity (Wildman–Crippen MR) is 21.8 cm³/mol. The average Bonchev–Trinajstić information content (AvgIpc) is 0. The van der Waals surface area contributed by atoms with Crippen LogP contribution in [0.15, 0.2) is 0 Å². The fourth-order valence-electron chi connectivity index (χ4n) is 0. The first-order valence-electron chi connectivity index (χ1n) is 0. The molecule has 0 atom stereocenters. The molecule has 0 aliphatic heterocycles. The molecule has 0 spiro atoms. The fraction of sp³-hybridized carbons (Fsp3) is 0. The zero-order valence-corrected chi connectivity index (χ0v) is 12.0. The molecule has 20 valence electrons. The van der Waals surface area contributed by atoms with E-state index in [9.17, 15) is 0 Å². The Labute approximate surface area is 104 Å². The molecule has 0 radical (unpaired) electrons. The van der Waals surface area contributed by atoms with Gasteiger partial charge in [-0.15, -0.1) is 34.0 Å². The van der Waals surface area contributed by atoms with Crippen molar-refractivity contribution < 1.29 is 72.3 Å². The molecule has 0 aliphatic rings. The van der Waals surface area contributed by atoms with Crippen LogP contribution >= 0.6 is 34.0 Å². The summed E-state index contributed by atoms with van der Waals surface area (Å²) >= 11 is 0. The van der Waals surface area contributed by atoms with Crippen LogP contribution in [0.4, 0.5) is 0 Å². The van der Waals surface area contributed by atoms with E-state index in [2.05, 4.69) is 0 Å². The molecule has 0 N–H and O–H groups in total. The number of rotatable bonds is 0. The topological polar surface area (TPSA) is 0 Å². The maximum Gasteiger partial charge on any atom is 1.00 e. The van der Waals surface area contributed by atoms with E-state index in [0.29, 0.717) is 0 Å². The summed E-state index contributed by atoms with van der Waals surface area (Å²) in [5.41, 5.74) is 0. The Morgan fingerprint density at radius 1 is 1.00 bits per heavy atom. The summed E-state index contributed by atoms with van der Waals surface area (Å²) in [6, 6.07) is 0. The van der Waals surface area contributed by atoms with Crippen molar-refractivity contribution in [2.45, 2.75) is 0 Å². The van der Waals surface area contributed by atoms with Crippen molar-refractivity contribution in [2.75, 3.05) is 0 Å². The van der Waals surface area contributed by atoms with Crippen molar-refractivity contribution in [3.63, 3.8) is 0 Å². The first-order valence-corrected chi connectivity index (χ1v) is 0. The standard InChI is InChI=1S/2BrH.K.Zn.H/h2*1H;;;/q;;+1;;-1. The summed E-state index contributed by atoms with van der Waals surface area (Å²) < 4.78 is 0. The summed E-state index contributed by atoms with van der Waals surface area (Å²) in [7, 11) is 0. The number of halogens is 2. The normalized spacial score (nSPS) is 0. The average molecular weight is 267 g/mol. The van der Waals surface area contributed by atoms with Crippen molar-refractivity contribution in [1.29, 1.82) is 0 Å². The maximum absolute atomic E-state index is 0. The zero-order valence-electron chi connectivity index (χ0n) is 3.52. The van der Waals surface area contributed by atoms with Gasteiger partial charge in [0.2, 0.25) is 0 Å². The minimum absolute atomic E-state index is 0. The molecule has 0 amide bonds. The van der Waals surface area contributed by atoms with E-state index in [0.717, 1.165) is 0 Å². The molecular weight excluding hydrogens is 264 g/mol. The number of hydrogen-bond acceptors (Lipinski definition) is 0. The molecule has 0 saturated heterocycles. The third kappa shape index (κ3) is 8.97. The molecule has 4 heteroatoms. The molecule has 0 fully saturated rings. The smallest absolute Gasteiger partial charge is 1.00 e. The minimum Gasteiger partial charge on any atom is -1.00 e. The quantitative estimate of drug-likeness (QED) is 0.458. The Morgan fingerprint density at radius 3 is 1.00 bits per heavy atom. The first kappa shape index (κ1) is 26.9. The van der Waals surface area contributed by atoms with Crippen molar-refractivity contribution in [2.24, 2.45) is 0 Å². The molecule has 0 unspecified atom stereocenters. The van der Waals surface area contributed by atoms with Crippen LogP contribution in [0.2, 0.25) is 0 Å². The van der Waals surface area contributed by atoms with Gasteiger partial charge in [0.1, 0.15) is 0 Å². The Bertz CT molecular complexity index is 9.61. The van der Waals surface area contributed by atoms with Crippen LogP contribution in [-0.2, 0) is 19.5 Å². The molecule has 0 nitrogen and oxygen atoms in total. The molecular formula is H3Br2KZn. The second-order valence-electron chi connectivity index (χ2n) is 0. The van der Waals surface area contributed by atoms with Gasteiger partial charge in [-0.1, -0.05) is 0 Å². The molecule has 0 heterocycles. The van der Waals surface area contributed by atoms with Crippen molar-refractivity contribution in [1.82, 2.24) is 0 Å². The van der Waals surface area contributed by atoms with Gasteiger partial charge >= 0.3 is 51.4 Å². The van der Waals surface area contributed by atoms with Gasteiger partial charge in [-0.2, -0.15) is 0 Å². The summed E-state index contributed by atoms with van der Waals surface area (Å²) in [5, 5.41) is 0. The van der Waals surface area contributed by atoms with Crippen LogP contribution in [0.3, 0.4) is 0 Å². The SMILES string of the molecule is Br.Br.[H-].[K+].[Zn]. The Kier molecular flexibility index (Phi) is 110. The molecule has 0 aliphatic carbocycles. The molecule has 0 saturated carbocycles. The van der Waals surface area contributed by atoms with E-state index in [4.69, 9.17) is 0 Å². The molecule has 0 rings (SSSR count). The van der Waals surface area contributed by atoms with E-state index in [1.807, 2.05) is 0 Å². The van der Waals surface area contributed by atoms with E-state index < -0.39 is 0 Å². The molecule has 0 bridgehead atoms. The second-order valence-corrected chi connectivity index (χ2v) is 0. The van der Waals surface area contributed by atoms with Crippen molar-refractivity contribution in [3.05, 3.63) is 0 Å². The van der Waals surface area contributed by atoms with Gasteiger partial charge in [-0.25, -0.2) is 0 Å². The van der Waals surface area contributed by atoms with Crippen LogP contribution in [-0.4, -0.2) is 0 Å². The fourth-order valence-corrected chi connectivity index (χ4v) is 0. The second kappa shape index (κ2) is 16.3. The summed E-state index contributed by atoms with van der Waals surface area (Å²) in [5.74, 6) is 0. The van der Waals surface area contributed by atoms with Crippen molar-refractivity contribution in [3.8, 4) is 0 Å². The molecule has 0 aromatic carbocycles. The third-order valence-electron chi connectivity index (χ3n) is 0. The van der Waals surface area contributed by atoms with Gasteiger partial charge in [0, 0.05) is 19.5 Å². The van der Waals surface area contributed by atoms with E-state index >= 15 is 0 Å². The largest absolute Gasteiger partial charge is 1.00 e. The summed E-state index contributed by atoms with van der Waals surface area (Å²) in [6.07, 6.45) is 0. The Morgan fingerprint density at radius 2 is 1.00 bits per heavy atom. The van der Waals surface area contributed by atoms with Gasteiger partial charge in [-0.05, 0) is 0 Å². The van der Waals surface area contributed by atoms with Crippen LogP contribution in [0.1, 0.15) is 1.43 Å². The first-order chi connectivity index (χ1) is 0. The van der Waals surface area contributed by atoms with Crippen LogP contribution in [0.25, 0.3) is 0 Å². The minimum atomic E-state index is 0. The third-order valence-corrected chi connectivity index (χ3v) is 0. The molecule has 0 aromatic heterocycles. The predicted octanol–water partition coefficient (Wildman–Crippen LogP) is -1.73. The summed E-state index contributed by atoms with van der Waals surface area (Å²) in [6.45, 7) is 0. The van der Waals surface area contributed by atoms with Crippen LogP contribution in [0, 0.1) is 0 Å². The van der Waals surface area contributed by atoms with E-state index in [-0.39, 0.29) is 106 Å².